The van der Waals surface area contributed by atoms with Crippen molar-refractivity contribution in [3.63, 3.8) is 0 Å². The van der Waals surface area contributed by atoms with Crippen molar-refractivity contribution in [3.8, 4) is 5.75 Å². The van der Waals surface area contributed by atoms with Crippen molar-refractivity contribution >= 4 is 21.7 Å². The molecular weight excluding hydrogens is 258 g/mol. The highest BCUT2D eigenvalue weighted by Crippen LogP contribution is 2.20. The molecule has 0 fully saturated rings. The number of nitrogens with zero attached hydrogens (tertiary/aromatic N) is 1. The Labute approximate surface area is 106 Å². The van der Waals surface area contributed by atoms with Crippen LogP contribution in [-0.2, 0) is 14.8 Å². The molecule has 0 saturated heterocycles. The predicted octanol–water partition coefficient (Wildman–Crippen LogP) is 0.934. The quantitative estimate of drug-likeness (QED) is 0.863. The molecule has 1 rings (SSSR count). The summed E-state index contributed by atoms with van der Waals surface area (Å²) in [6.07, 6.45) is 0.146. The van der Waals surface area contributed by atoms with Gasteiger partial charge in [0.1, 0.15) is 5.75 Å². The average Bonchev–Trinajstić information content (AvgIpc) is 2.27. The zero-order valence-electron chi connectivity index (χ0n) is 10.3. The summed E-state index contributed by atoms with van der Waals surface area (Å²) in [4.78, 5) is 10.6. The monoisotopic (exact) mass is 273 g/mol. The summed E-state index contributed by atoms with van der Waals surface area (Å²) >= 11 is 0. The first kappa shape index (κ1) is 14.3. The molecule has 0 saturated carbocycles. The molecule has 0 aliphatic rings. The SMILES string of the molecule is CC(Oc1ccc(N(C)S(C)(=O)=O)cc1)C(=O)O. The van der Waals surface area contributed by atoms with Gasteiger partial charge in [0.2, 0.25) is 10.0 Å². The van der Waals surface area contributed by atoms with E-state index in [4.69, 9.17) is 9.84 Å². The van der Waals surface area contributed by atoms with Crippen molar-refractivity contribution in [2.24, 2.45) is 0 Å². The van der Waals surface area contributed by atoms with E-state index in [1.54, 1.807) is 12.1 Å². The van der Waals surface area contributed by atoms with Gasteiger partial charge in [-0.1, -0.05) is 0 Å². The second kappa shape index (κ2) is 5.26. The lowest BCUT2D eigenvalue weighted by atomic mass is 10.3. The van der Waals surface area contributed by atoms with Crippen molar-refractivity contribution < 1.29 is 23.1 Å². The molecule has 0 aliphatic heterocycles. The molecule has 18 heavy (non-hydrogen) atoms. The summed E-state index contributed by atoms with van der Waals surface area (Å²) in [6.45, 7) is 1.42. The van der Waals surface area contributed by atoms with Crippen LogP contribution in [0.25, 0.3) is 0 Å². The van der Waals surface area contributed by atoms with E-state index in [9.17, 15) is 13.2 Å². The zero-order valence-corrected chi connectivity index (χ0v) is 11.1. The van der Waals surface area contributed by atoms with E-state index in [0.29, 0.717) is 11.4 Å². The molecule has 1 atom stereocenters. The van der Waals surface area contributed by atoms with Crippen LogP contribution in [0.15, 0.2) is 24.3 Å². The maximum Gasteiger partial charge on any atom is 0.344 e. The number of anilines is 1. The van der Waals surface area contributed by atoms with Gasteiger partial charge in [0.05, 0.1) is 11.9 Å². The summed E-state index contributed by atoms with van der Waals surface area (Å²) in [5.74, 6) is -0.692. The smallest absolute Gasteiger partial charge is 0.344 e. The molecule has 0 spiro atoms. The van der Waals surface area contributed by atoms with Crippen LogP contribution < -0.4 is 9.04 Å². The highest BCUT2D eigenvalue weighted by atomic mass is 32.2. The summed E-state index contributed by atoms with van der Waals surface area (Å²) in [6, 6.07) is 6.14. The number of aliphatic carboxylic acids is 1. The Morgan fingerprint density at radius 2 is 1.83 bits per heavy atom. The van der Waals surface area contributed by atoms with Crippen LogP contribution >= 0.6 is 0 Å². The van der Waals surface area contributed by atoms with Crippen LogP contribution in [0.2, 0.25) is 0 Å². The van der Waals surface area contributed by atoms with Gasteiger partial charge >= 0.3 is 5.97 Å². The molecule has 7 heteroatoms. The molecule has 1 aromatic carbocycles. The summed E-state index contributed by atoms with van der Waals surface area (Å²) < 4.78 is 28.9. The topological polar surface area (TPSA) is 83.9 Å². The number of carboxylic acids is 1. The van der Waals surface area contributed by atoms with Gasteiger partial charge in [0.25, 0.3) is 0 Å². The third kappa shape index (κ3) is 3.63. The van der Waals surface area contributed by atoms with Crippen LogP contribution in [0.3, 0.4) is 0 Å². The number of hydrogen-bond donors (Lipinski definition) is 1. The number of hydrogen-bond acceptors (Lipinski definition) is 4. The van der Waals surface area contributed by atoms with Crippen molar-refractivity contribution in [2.45, 2.75) is 13.0 Å². The molecule has 0 radical (unpaired) electrons. The van der Waals surface area contributed by atoms with E-state index in [1.165, 1.54) is 26.1 Å². The van der Waals surface area contributed by atoms with Crippen LogP contribution in [0, 0.1) is 0 Å². The van der Waals surface area contributed by atoms with Gasteiger partial charge in [-0.05, 0) is 31.2 Å². The minimum Gasteiger partial charge on any atom is -0.479 e. The van der Waals surface area contributed by atoms with Gasteiger partial charge in [0, 0.05) is 7.05 Å². The molecule has 0 amide bonds. The fourth-order valence-electron chi connectivity index (χ4n) is 1.18. The standard InChI is InChI=1S/C11H15NO5S/c1-8(11(13)14)17-10-6-4-9(5-7-10)12(2)18(3,15)16/h4-8H,1-3H3,(H,13,14). The van der Waals surface area contributed by atoms with E-state index >= 15 is 0 Å². The lowest BCUT2D eigenvalue weighted by molar-refractivity contribution is -0.144. The van der Waals surface area contributed by atoms with Crippen molar-refractivity contribution in [1.82, 2.24) is 0 Å². The molecule has 0 aromatic heterocycles. The Morgan fingerprint density at radius 1 is 1.33 bits per heavy atom. The second-order valence-corrected chi connectivity index (χ2v) is 5.84. The first-order chi connectivity index (χ1) is 8.21. The largest absolute Gasteiger partial charge is 0.479 e. The molecule has 1 N–H and O–H groups in total. The first-order valence-electron chi connectivity index (χ1n) is 5.15. The van der Waals surface area contributed by atoms with Gasteiger partial charge < -0.3 is 9.84 Å². The van der Waals surface area contributed by atoms with Crippen LogP contribution in [0.1, 0.15) is 6.92 Å². The number of rotatable bonds is 5. The lowest BCUT2D eigenvalue weighted by Gasteiger charge is -2.17. The molecule has 0 heterocycles. The predicted molar refractivity (Wildman–Crippen MR) is 67.4 cm³/mol. The number of carboxylic acid groups (broad SMARTS) is 1. The van der Waals surface area contributed by atoms with E-state index in [1.807, 2.05) is 0 Å². The lowest BCUT2D eigenvalue weighted by Crippen LogP contribution is -2.25. The Morgan fingerprint density at radius 3 is 2.22 bits per heavy atom. The van der Waals surface area contributed by atoms with Gasteiger partial charge in [-0.25, -0.2) is 13.2 Å². The molecule has 1 unspecified atom stereocenters. The van der Waals surface area contributed by atoms with E-state index in [2.05, 4.69) is 0 Å². The van der Waals surface area contributed by atoms with E-state index < -0.39 is 22.1 Å². The zero-order chi connectivity index (χ0) is 13.9. The summed E-state index contributed by atoms with van der Waals surface area (Å²) in [7, 11) is -1.87. The average molecular weight is 273 g/mol. The van der Waals surface area contributed by atoms with Gasteiger partial charge in [-0.15, -0.1) is 0 Å². The van der Waals surface area contributed by atoms with Crippen LogP contribution in [0.4, 0.5) is 5.69 Å². The van der Waals surface area contributed by atoms with Gasteiger partial charge in [-0.3, -0.25) is 4.31 Å². The van der Waals surface area contributed by atoms with Crippen molar-refractivity contribution in [2.75, 3.05) is 17.6 Å². The maximum absolute atomic E-state index is 11.3. The first-order valence-corrected chi connectivity index (χ1v) is 7.00. The Bertz CT molecular complexity index is 523. The molecule has 6 nitrogen and oxygen atoms in total. The highest BCUT2D eigenvalue weighted by Gasteiger charge is 2.14. The third-order valence-electron chi connectivity index (χ3n) is 2.36. The normalized spacial score (nSPS) is 12.8. The minimum absolute atomic E-state index is 0.371. The Kier molecular flexibility index (Phi) is 4.18. The number of ether oxygens (including phenoxy) is 1. The fourth-order valence-corrected chi connectivity index (χ4v) is 1.69. The van der Waals surface area contributed by atoms with Crippen molar-refractivity contribution in [1.29, 1.82) is 0 Å². The minimum atomic E-state index is -3.31. The Hall–Kier alpha value is -1.76. The number of carbonyl (C=O) groups is 1. The van der Waals surface area contributed by atoms with E-state index in [-0.39, 0.29) is 0 Å². The van der Waals surface area contributed by atoms with Gasteiger partial charge in [-0.2, -0.15) is 0 Å². The molecule has 0 bridgehead atoms. The molecule has 0 aliphatic carbocycles. The molecule has 1 aromatic rings. The third-order valence-corrected chi connectivity index (χ3v) is 3.56. The summed E-state index contributed by atoms with van der Waals surface area (Å²) in [5, 5.41) is 8.68. The Balaban J connectivity index is 2.84. The van der Waals surface area contributed by atoms with E-state index in [0.717, 1.165) is 10.6 Å². The van der Waals surface area contributed by atoms with Crippen LogP contribution in [0.5, 0.6) is 5.75 Å². The second-order valence-electron chi connectivity index (χ2n) is 3.82. The highest BCUT2D eigenvalue weighted by molar-refractivity contribution is 7.92. The van der Waals surface area contributed by atoms with Gasteiger partial charge in [0.15, 0.2) is 6.10 Å². The molecular formula is C11H15NO5S. The van der Waals surface area contributed by atoms with Crippen molar-refractivity contribution in [3.05, 3.63) is 24.3 Å². The number of sulfonamides is 1. The molecule has 100 valence electrons. The summed E-state index contributed by atoms with van der Waals surface area (Å²) in [5.41, 5.74) is 0.479. The van der Waals surface area contributed by atoms with Crippen LogP contribution in [-0.4, -0.2) is 38.9 Å². The number of benzene rings is 1. The maximum atomic E-state index is 11.3. The fraction of sp³-hybridized carbons (Fsp3) is 0.364.